The van der Waals surface area contributed by atoms with Crippen molar-refractivity contribution in [1.82, 2.24) is 10.3 Å². The number of methoxy groups -OCH3 is 1. The zero-order valence-corrected chi connectivity index (χ0v) is 16.2. The van der Waals surface area contributed by atoms with Crippen LogP contribution in [0.4, 0.5) is 17.2 Å². The Balaban J connectivity index is 1.57. The fourth-order valence-electron chi connectivity index (χ4n) is 2.66. The average Bonchev–Trinajstić information content (AvgIpc) is 2.73. The maximum absolute atomic E-state index is 12.3. The summed E-state index contributed by atoms with van der Waals surface area (Å²) in [7, 11) is 1.61. The SMILES string of the molecule is COc1ccc(CNC(=O)c2ccc(Nc3cccc(NC(C)=O)c3)nc2)cc1. The molecule has 29 heavy (non-hydrogen) atoms. The molecule has 0 saturated carbocycles. The Labute approximate surface area is 169 Å². The highest BCUT2D eigenvalue weighted by molar-refractivity contribution is 5.94. The first kappa shape index (κ1) is 19.9. The number of carbonyl (C=O) groups excluding carboxylic acids is 2. The van der Waals surface area contributed by atoms with E-state index in [4.69, 9.17) is 4.74 Å². The van der Waals surface area contributed by atoms with E-state index in [0.717, 1.165) is 17.0 Å². The van der Waals surface area contributed by atoms with Gasteiger partial charge in [0.25, 0.3) is 5.91 Å². The van der Waals surface area contributed by atoms with Crippen LogP contribution in [-0.2, 0) is 11.3 Å². The van der Waals surface area contributed by atoms with Crippen LogP contribution in [0.1, 0.15) is 22.8 Å². The Bertz CT molecular complexity index is 986. The van der Waals surface area contributed by atoms with Crippen molar-refractivity contribution in [3.63, 3.8) is 0 Å². The quantitative estimate of drug-likeness (QED) is 0.572. The summed E-state index contributed by atoms with van der Waals surface area (Å²) in [4.78, 5) is 27.8. The number of rotatable bonds is 7. The number of aromatic nitrogens is 1. The third-order valence-corrected chi connectivity index (χ3v) is 4.09. The monoisotopic (exact) mass is 390 g/mol. The second-order valence-electron chi connectivity index (χ2n) is 6.35. The van der Waals surface area contributed by atoms with Crippen LogP contribution >= 0.6 is 0 Å². The summed E-state index contributed by atoms with van der Waals surface area (Å²) in [6.07, 6.45) is 1.52. The van der Waals surface area contributed by atoms with Gasteiger partial charge in [0.15, 0.2) is 0 Å². The van der Waals surface area contributed by atoms with Crippen LogP contribution in [0.15, 0.2) is 66.9 Å². The second kappa shape index (κ2) is 9.36. The van der Waals surface area contributed by atoms with Crippen LogP contribution in [0.5, 0.6) is 5.75 Å². The van der Waals surface area contributed by atoms with E-state index in [2.05, 4.69) is 20.9 Å². The number of amides is 2. The molecule has 0 spiro atoms. The third kappa shape index (κ3) is 5.80. The molecular formula is C22H22N4O3. The van der Waals surface area contributed by atoms with Crippen LogP contribution in [-0.4, -0.2) is 23.9 Å². The summed E-state index contributed by atoms with van der Waals surface area (Å²) in [5, 5.41) is 8.74. The van der Waals surface area contributed by atoms with Crippen molar-refractivity contribution in [1.29, 1.82) is 0 Å². The summed E-state index contributed by atoms with van der Waals surface area (Å²) in [5.41, 5.74) is 2.91. The molecular weight excluding hydrogens is 368 g/mol. The fourth-order valence-corrected chi connectivity index (χ4v) is 2.66. The van der Waals surface area contributed by atoms with Gasteiger partial charge in [-0.3, -0.25) is 9.59 Å². The topological polar surface area (TPSA) is 92.4 Å². The summed E-state index contributed by atoms with van der Waals surface area (Å²) in [6, 6.07) is 18.2. The first-order chi connectivity index (χ1) is 14.0. The molecule has 3 aromatic rings. The predicted molar refractivity (Wildman–Crippen MR) is 112 cm³/mol. The molecule has 0 atom stereocenters. The normalized spacial score (nSPS) is 10.1. The molecule has 3 N–H and O–H groups in total. The first-order valence-corrected chi connectivity index (χ1v) is 9.05. The van der Waals surface area contributed by atoms with Gasteiger partial charge in [-0.25, -0.2) is 4.98 Å². The van der Waals surface area contributed by atoms with Crippen molar-refractivity contribution in [3.05, 3.63) is 78.0 Å². The zero-order chi connectivity index (χ0) is 20.6. The molecule has 0 unspecified atom stereocenters. The summed E-state index contributed by atoms with van der Waals surface area (Å²) < 4.78 is 5.12. The molecule has 3 rings (SSSR count). The Morgan fingerprint density at radius 1 is 1.00 bits per heavy atom. The maximum Gasteiger partial charge on any atom is 0.253 e. The number of carbonyl (C=O) groups is 2. The number of hydrogen-bond acceptors (Lipinski definition) is 5. The number of hydrogen-bond donors (Lipinski definition) is 3. The number of benzene rings is 2. The summed E-state index contributed by atoms with van der Waals surface area (Å²) in [6.45, 7) is 1.87. The molecule has 0 aliphatic rings. The van der Waals surface area contributed by atoms with E-state index in [9.17, 15) is 9.59 Å². The number of ether oxygens (including phenoxy) is 1. The van der Waals surface area contributed by atoms with E-state index in [-0.39, 0.29) is 11.8 Å². The molecule has 1 heterocycles. The van der Waals surface area contributed by atoms with Crippen molar-refractivity contribution in [2.45, 2.75) is 13.5 Å². The molecule has 0 radical (unpaired) electrons. The van der Waals surface area contributed by atoms with Gasteiger partial charge in [0, 0.05) is 31.0 Å². The van der Waals surface area contributed by atoms with Gasteiger partial charge in [-0.1, -0.05) is 18.2 Å². The highest BCUT2D eigenvalue weighted by Crippen LogP contribution is 2.19. The molecule has 7 nitrogen and oxygen atoms in total. The Morgan fingerprint density at radius 3 is 2.41 bits per heavy atom. The molecule has 1 aromatic heterocycles. The van der Waals surface area contributed by atoms with Crippen LogP contribution < -0.4 is 20.7 Å². The lowest BCUT2D eigenvalue weighted by Gasteiger charge is -2.09. The Kier molecular flexibility index (Phi) is 6.42. The molecule has 0 fully saturated rings. The molecule has 0 saturated heterocycles. The largest absolute Gasteiger partial charge is 0.497 e. The average molecular weight is 390 g/mol. The highest BCUT2D eigenvalue weighted by atomic mass is 16.5. The van der Waals surface area contributed by atoms with Crippen LogP contribution in [0, 0.1) is 0 Å². The molecule has 0 aliphatic heterocycles. The lowest BCUT2D eigenvalue weighted by Crippen LogP contribution is -2.22. The molecule has 2 amide bonds. The van der Waals surface area contributed by atoms with E-state index >= 15 is 0 Å². The van der Waals surface area contributed by atoms with Crippen LogP contribution in [0.2, 0.25) is 0 Å². The van der Waals surface area contributed by atoms with E-state index in [1.807, 2.05) is 36.4 Å². The van der Waals surface area contributed by atoms with Crippen LogP contribution in [0.25, 0.3) is 0 Å². The van der Waals surface area contributed by atoms with Gasteiger partial charge < -0.3 is 20.7 Å². The van der Waals surface area contributed by atoms with Gasteiger partial charge in [0.05, 0.1) is 12.7 Å². The minimum absolute atomic E-state index is 0.134. The number of nitrogens with one attached hydrogen (secondary N) is 3. The molecule has 7 heteroatoms. The van der Waals surface area contributed by atoms with Crippen molar-refractivity contribution in [3.8, 4) is 5.75 Å². The zero-order valence-electron chi connectivity index (χ0n) is 16.2. The minimum Gasteiger partial charge on any atom is -0.497 e. The lowest BCUT2D eigenvalue weighted by molar-refractivity contribution is -0.114. The molecule has 148 valence electrons. The molecule has 0 bridgehead atoms. The number of nitrogens with zero attached hydrogens (tertiary/aromatic N) is 1. The predicted octanol–water partition coefficient (Wildman–Crippen LogP) is 3.72. The molecule has 0 aliphatic carbocycles. The van der Waals surface area contributed by atoms with Gasteiger partial charge in [-0.2, -0.15) is 0 Å². The van der Waals surface area contributed by atoms with Crippen molar-refractivity contribution in [2.75, 3.05) is 17.7 Å². The minimum atomic E-state index is -0.201. The standard InChI is InChI=1S/C22H22N4O3/c1-15(27)25-18-4-3-5-19(12-18)26-21-11-8-17(14-23-21)22(28)24-13-16-6-9-20(29-2)10-7-16/h3-12,14H,13H2,1-2H3,(H,23,26)(H,24,28)(H,25,27). The van der Waals surface area contributed by atoms with E-state index in [0.29, 0.717) is 23.6 Å². The lowest BCUT2D eigenvalue weighted by atomic mass is 10.2. The van der Waals surface area contributed by atoms with Gasteiger partial charge in [-0.15, -0.1) is 0 Å². The highest BCUT2D eigenvalue weighted by Gasteiger charge is 2.07. The maximum atomic E-state index is 12.3. The molecule has 2 aromatic carbocycles. The summed E-state index contributed by atoms with van der Waals surface area (Å²) in [5.74, 6) is 1.03. The second-order valence-corrected chi connectivity index (χ2v) is 6.35. The van der Waals surface area contributed by atoms with Crippen molar-refractivity contribution in [2.24, 2.45) is 0 Å². The van der Waals surface area contributed by atoms with Gasteiger partial charge >= 0.3 is 0 Å². The number of pyridine rings is 1. The van der Waals surface area contributed by atoms with E-state index in [1.165, 1.54) is 13.1 Å². The van der Waals surface area contributed by atoms with Gasteiger partial charge in [0.1, 0.15) is 11.6 Å². The fraction of sp³-hybridized carbons (Fsp3) is 0.136. The summed E-state index contributed by atoms with van der Waals surface area (Å²) >= 11 is 0. The first-order valence-electron chi connectivity index (χ1n) is 9.05. The van der Waals surface area contributed by atoms with Crippen LogP contribution in [0.3, 0.4) is 0 Å². The smallest absolute Gasteiger partial charge is 0.253 e. The van der Waals surface area contributed by atoms with Crippen molar-refractivity contribution < 1.29 is 14.3 Å². The number of anilines is 3. The van der Waals surface area contributed by atoms with E-state index < -0.39 is 0 Å². The Morgan fingerprint density at radius 2 is 1.76 bits per heavy atom. The third-order valence-electron chi connectivity index (χ3n) is 4.09. The van der Waals surface area contributed by atoms with Gasteiger partial charge in [-0.05, 0) is 48.0 Å². The van der Waals surface area contributed by atoms with Crippen molar-refractivity contribution >= 4 is 29.0 Å². The van der Waals surface area contributed by atoms with E-state index in [1.54, 1.807) is 31.4 Å². The Hall–Kier alpha value is -3.87. The van der Waals surface area contributed by atoms with Gasteiger partial charge in [0.2, 0.25) is 5.91 Å².